The third-order valence-electron chi connectivity index (χ3n) is 3.62. The van der Waals surface area contributed by atoms with E-state index in [-0.39, 0.29) is 18.1 Å². The first-order chi connectivity index (χ1) is 11.5. The number of carbonyl (C=O) groups is 1. The summed E-state index contributed by atoms with van der Waals surface area (Å²) >= 11 is 0. The molecule has 0 aliphatic carbocycles. The molecule has 2 heterocycles. The zero-order chi connectivity index (χ0) is 17.1. The van der Waals surface area contributed by atoms with Crippen LogP contribution in [0.5, 0.6) is 0 Å². The molecule has 0 bridgehead atoms. The average molecular weight is 328 g/mol. The minimum atomic E-state index is -0.554. The first-order valence-corrected chi connectivity index (χ1v) is 7.47. The first kappa shape index (κ1) is 15.9. The largest absolute Gasteiger partial charge is 0.361 e. The van der Waals surface area contributed by atoms with Crippen LogP contribution in [0.15, 0.2) is 47.2 Å². The highest BCUT2D eigenvalue weighted by Crippen LogP contribution is 2.21. The Morgan fingerprint density at radius 3 is 2.88 bits per heavy atom. The molecule has 1 aromatic carbocycles. The normalized spacial score (nSPS) is 12.1. The highest BCUT2D eigenvalue weighted by atomic mass is 19.1. The number of hydrogen-bond acceptors (Lipinski definition) is 4. The first-order valence-electron chi connectivity index (χ1n) is 7.47. The molecule has 1 atom stereocenters. The molecule has 0 unspecified atom stereocenters. The quantitative estimate of drug-likeness (QED) is 0.780. The Labute approximate surface area is 138 Å². The average Bonchev–Trinajstić information content (AvgIpc) is 3.13. The Balaban J connectivity index is 1.85. The van der Waals surface area contributed by atoms with Gasteiger partial charge in [-0.2, -0.15) is 0 Å². The van der Waals surface area contributed by atoms with Crippen molar-refractivity contribution in [2.24, 2.45) is 7.05 Å². The van der Waals surface area contributed by atoms with Gasteiger partial charge in [-0.1, -0.05) is 17.3 Å². The summed E-state index contributed by atoms with van der Waals surface area (Å²) in [5.74, 6) is 0.641. The van der Waals surface area contributed by atoms with Crippen molar-refractivity contribution in [2.75, 3.05) is 0 Å². The van der Waals surface area contributed by atoms with E-state index in [0.717, 1.165) is 0 Å². The number of hydrogen-bond donors (Lipinski definition) is 1. The Morgan fingerprint density at radius 1 is 1.42 bits per heavy atom. The number of imidazole rings is 1. The van der Waals surface area contributed by atoms with E-state index in [0.29, 0.717) is 22.8 Å². The molecule has 0 radical (unpaired) electrons. The van der Waals surface area contributed by atoms with E-state index < -0.39 is 6.04 Å². The van der Waals surface area contributed by atoms with Gasteiger partial charge in [0.15, 0.2) is 0 Å². The van der Waals surface area contributed by atoms with Gasteiger partial charge in [0.1, 0.15) is 23.4 Å². The zero-order valence-corrected chi connectivity index (χ0v) is 13.4. The summed E-state index contributed by atoms with van der Waals surface area (Å²) < 4.78 is 20.3. The van der Waals surface area contributed by atoms with E-state index in [1.807, 2.05) is 7.05 Å². The summed E-state index contributed by atoms with van der Waals surface area (Å²) in [6, 6.07) is 7.26. The lowest BCUT2D eigenvalue weighted by Gasteiger charge is -2.19. The summed E-state index contributed by atoms with van der Waals surface area (Å²) in [6.45, 7) is 1.76. The number of aryl methyl sites for hydroxylation is 2. The Morgan fingerprint density at radius 2 is 2.25 bits per heavy atom. The summed E-state index contributed by atoms with van der Waals surface area (Å²) in [5.41, 5.74) is 1.16. The molecular formula is C17H17FN4O2. The summed E-state index contributed by atoms with van der Waals surface area (Å²) in [6.07, 6.45) is 3.48. The van der Waals surface area contributed by atoms with E-state index in [9.17, 15) is 9.18 Å². The van der Waals surface area contributed by atoms with Crippen LogP contribution < -0.4 is 5.32 Å². The predicted octanol–water partition coefficient (Wildman–Crippen LogP) is 2.30. The van der Waals surface area contributed by atoms with Gasteiger partial charge in [0.05, 0.1) is 12.1 Å². The second-order valence-electron chi connectivity index (χ2n) is 5.56. The van der Waals surface area contributed by atoms with Crippen molar-refractivity contribution < 1.29 is 13.7 Å². The maximum atomic E-state index is 13.6. The molecule has 3 rings (SSSR count). The number of nitrogens with zero attached hydrogens (tertiary/aromatic N) is 3. The Hall–Kier alpha value is -2.96. The molecule has 0 spiro atoms. The van der Waals surface area contributed by atoms with Gasteiger partial charge in [-0.25, -0.2) is 9.37 Å². The van der Waals surface area contributed by atoms with E-state index in [2.05, 4.69) is 15.5 Å². The molecule has 0 aliphatic heterocycles. The van der Waals surface area contributed by atoms with Gasteiger partial charge < -0.3 is 14.4 Å². The number of amides is 1. The standard InChI is InChI=1S/C17H17FN4O2/c1-11-8-14(21-24-11)10-15(23)20-16(17-19-6-7-22(17)2)12-4-3-5-13(18)9-12/h3-9,16H,10H2,1-2H3,(H,20,23)/t16-/m0/s1. The highest BCUT2D eigenvalue weighted by molar-refractivity contribution is 5.79. The van der Waals surface area contributed by atoms with Crippen LogP contribution >= 0.6 is 0 Å². The number of carbonyl (C=O) groups excluding carboxylic acids is 1. The lowest BCUT2D eigenvalue weighted by molar-refractivity contribution is -0.121. The van der Waals surface area contributed by atoms with E-state index in [4.69, 9.17) is 4.52 Å². The van der Waals surface area contributed by atoms with Crippen LogP contribution in [0.1, 0.15) is 28.9 Å². The van der Waals surface area contributed by atoms with Crippen molar-refractivity contribution >= 4 is 5.91 Å². The minimum Gasteiger partial charge on any atom is -0.361 e. The van der Waals surface area contributed by atoms with E-state index in [1.165, 1.54) is 12.1 Å². The van der Waals surface area contributed by atoms with Gasteiger partial charge in [-0.15, -0.1) is 0 Å². The van der Waals surface area contributed by atoms with Crippen LogP contribution in [-0.2, 0) is 18.3 Å². The fraction of sp³-hybridized carbons (Fsp3) is 0.235. The molecule has 2 aromatic heterocycles. The van der Waals surface area contributed by atoms with Gasteiger partial charge >= 0.3 is 0 Å². The summed E-state index contributed by atoms with van der Waals surface area (Å²) in [7, 11) is 1.82. The zero-order valence-electron chi connectivity index (χ0n) is 13.4. The number of rotatable bonds is 5. The number of halogens is 1. The smallest absolute Gasteiger partial charge is 0.227 e. The molecule has 0 aliphatic rings. The molecule has 0 fully saturated rings. The molecule has 3 aromatic rings. The van der Waals surface area contributed by atoms with Gasteiger partial charge in [-0.05, 0) is 24.6 Å². The third-order valence-corrected chi connectivity index (χ3v) is 3.62. The van der Waals surface area contributed by atoms with E-state index in [1.54, 1.807) is 42.1 Å². The molecule has 1 amide bonds. The maximum absolute atomic E-state index is 13.6. The van der Waals surface area contributed by atoms with Gasteiger partial charge in [-0.3, -0.25) is 4.79 Å². The lowest BCUT2D eigenvalue weighted by Crippen LogP contribution is -2.32. The second kappa shape index (κ2) is 6.66. The van der Waals surface area contributed by atoms with Gasteiger partial charge in [0.25, 0.3) is 0 Å². The van der Waals surface area contributed by atoms with Crippen molar-refractivity contribution in [1.82, 2.24) is 20.0 Å². The fourth-order valence-electron chi connectivity index (χ4n) is 2.52. The van der Waals surface area contributed by atoms with Crippen LogP contribution in [0.4, 0.5) is 4.39 Å². The predicted molar refractivity (Wildman–Crippen MR) is 84.5 cm³/mol. The Bertz CT molecular complexity index is 856. The Kier molecular flexibility index (Phi) is 4.41. The minimum absolute atomic E-state index is 0.0770. The fourth-order valence-corrected chi connectivity index (χ4v) is 2.52. The topological polar surface area (TPSA) is 73.0 Å². The van der Waals surface area contributed by atoms with Crippen LogP contribution in [0, 0.1) is 12.7 Å². The third kappa shape index (κ3) is 3.51. The molecule has 124 valence electrons. The maximum Gasteiger partial charge on any atom is 0.227 e. The number of aromatic nitrogens is 3. The molecular weight excluding hydrogens is 311 g/mol. The van der Waals surface area contributed by atoms with Gasteiger partial charge in [0, 0.05) is 25.5 Å². The molecule has 0 saturated carbocycles. The van der Waals surface area contributed by atoms with Crippen LogP contribution in [0.3, 0.4) is 0 Å². The molecule has 6 nitrogen and oxygen atoms in total. The summed E-state index contributed by atoms with van der Waals surface area (Å²) in [4.78, 5) is 16.7. The van der Waals surface area contributed by atoms with Crippen LogP contribution in [0.25, 0.3) is 0 Å². The highest BCUT2D eigenvalue weighted by Gasteiger charge is 2.21. The lowest BCUT2D eigenvalue weighted by atomic mass is 10.1. The van der Waals surface area contributed by atoms with Crippen molar-refractivity contribution in [3.63, 3.8) is 0 Å². The van der Waals surface area contributed by atoms with Crippen molar-refractivity contribution in [1.29, 1.82) is 0 Å². The van der Waals surface area contributed by atoms with Crippen LogP contribution in [-0.4, -0.2) is 20.6 Å². The molecule has 1 N–H and O–H groups in total. The van der Waals surface area contributed by atoms with Crippen molar-refractivity contribution in [2.45, 2.75) is 19.4 Å². The van der Waals surface area contributed by atoms with Crippen molar-refractivity contribution in [3.8, 4) is 0 Å². The molecule has 0 saturated heterocycles. The molecule has 7 heteroatoms. The van der Waals surface area contributed by atoms with Crippen LogP contribution in [0.2, 0.25) is 0 Å². The van der Waals surface area contributed by atoms with Crippen molar-refractivity contribution in [3.05, 3.63) is 71.4 Å². The second-order valence-corrected chi connectivity index (χ2v) is 5.56. The van der Waals surface area contributed by atoms with Gasteiger partial charge in [0.2, 0.25) is 5.91 Å². The summed E-state index contributed by atoms with van der Waals surface area (Å²) in [5, 5.41) is 6.70. The number of benzene rings is 1. The molecule has 24 heavy (non-hydrogen) atoms. The monoisotopic (exact) mass is 328 g/mol. The van der Waals surface area contributed by atoms with E-state index >= 15 is 0 Å². The number of nitrogens with one attached hydrogen (secondary N) is 1. The SMILES string of the molecule is Cc1cc(CC(=O)N[C@@H](c2cccc(F)c2)c2nccn2C)no1.